The second-order valence-electron chi connectivity index (χ2n) is 7.59. The van der Waals surface area contributed by atoms with E-state index in [9.17, 15) is 14.0 Å². The Balaban J connectivity index is 1.71. The van der Waals surface area contributed by atoms with Crippen LogP contribution in [0, 0.1) is 11.7 Å². The first kappa shape index (κ1) is 21.1. The van der Waals surface area contributed by atoms with Crippen molar-refractivity contribution in [2.45, 2.75) is 20.3 Å². The average molecular weight is 418 g/mol. The number of amides is 2. The maximum Gasteiger partial charge on any atom is 0.255 e. The van der Waals surface area contributed by atoms with E-state index in [-0.39, 0.29) is 11.8 Å². The number of hydrogen-bond donors (Lipinski definition) is 1. The SMILES string of the molecule is CC(C)CC(=O)N1CCN(c2ccc(Cl)cc2NC(=O)c2ccc(F)cc2)CC1. The normalized spacial score (nSPS) is 14.2. The number of benzene rings is 2. The van der Waals surface area contributed by atoms with Gasteiger partial charge in [0, 0.05) is 43.2 Å². The highest BCUT2D eigenvalue weighted by atomic mass is 35.5. The Morgan fingerprint density at radius 1 is 1.07 bits per heavy atom. The molecule has 154 valence electrons. The van der Waals surface area contributed by atoms with Gasteiger partial charge in [-0.2, -0.15) is 0 Å². The topological polar surface area (TPSA) is 52.7 Å². The van der Waals surface area contributed by atoms with Crippen LogP contribution in [0.25, 0.3) is 0 Å². The number of anilines is 2. The molecule has 5 nitrogen and oxygen atoms in total. The Labute approximate surface area is 175 Å². The second-order valence-corrected chi connectivity index (χ2v) is 8.02. The zero-order valence-corrected chi connectivity index (χ0v) is 17.4. The van der Waals surface area contributed by atoms with Gasteiger partial charge in [0.2, 0.25) is 5.91 Å². The van der Waals surface area contributed by atoms with Crippen LogP contribution in [-0.2, 0) is 4.79 Å². The van der Waals surface area contributed by atoms with Crippen molar-refractivity contribution in [3.05, 3.63) is 58.9 Å². The lowest BCUT2D eigenvalue weighted by atomic mass is 10.1. The summed E-state index contributed by atoms with van der Waals surface area (Å²) in [6.07, 6.45) is 0.555. The quantitative estimate of drug-likeness (QED) is 0.783. The fourth-order valence-electron chi connectivity index (χ4n) is 3.35. The summed E-state index contributed by atoms with van der Waals surface area (Å²) >= 11 is 6.15. The van der Waals surface area contributed by atoms with Gasteiger partial charge < -0.3 is 15.1 Å². The number of nitrogens with one attached hydrogen (secondary N) is 1. The zero-order valence-electron chi connectivity index (χ0n) is 16.6. The zero-order chi connectivity index (χ0) is 21.0. The molecule has 1 heterocycles. The van der Waals surface area contributed by atoms with Crippen LogP contribution in [0.4, 0.5) is 15.8 Å². The van der Waals surface area contributed by atoms with Gasteiger partial charge in [0.1, 0.15) is 5.82 Å². The van der Waals surface area contributed by atoms with Crippen molar-refractivity contribution in [1.29, 1.82) is 0 Å². The van der Waals surface area contributed by atoms with Crippen molar-refractivity contribution in [3.63, 3.8) is 0 Å². The number of nitrogens with zero attached hydrogens (tertiary/aromatic N) is 2. The van der Waals surface area contributed by atoms with Gasteiger partial charge >= 0.3 is 0 Å². The monoisotopic (exact) mass is 417 g/mol. The summed E-state index contributed by atoms with van der Waals surface area (Å²) in [6.45, 7) is 6.70. The summed E-state index contributed by atoms with van der Waals surface area (Å²) < 4.78 is 13.1. The number of carbonyl (C=O) groups excluding carboxylic acids is 2. The van der Waals surface area contributed by atoms with Crippen LogP contribution in [0.1, 0.15) is 30.6 Å². The highest BCUT2D eigenvalue weighted by Crippen LogP contribution is 2.30. The summed E-state index contributed by atoms with van der Waals surface area (Å²) in [5, 5.41) is 3.38. The third-order valence-electron chi connectivity index (χ3n) is 4.87. The third-order valence-corrected chi connectivity index (χ3v) is 5.10. The Bertz CT molecular complexity index is 878. The van der Waals surface area contributed by atoms with Gasteiger partial charge in [-0.3, -0.25) is 9.59 Å². The Hall–Kier alpha value is -2.60. The third kappa shape index (κ3) is 5.48. The van der Waals surface area contributed by atoms with Crippen LogP contribution >= 0.6 is 11.6 Å². The molecule has 1 fully saturated rings. The van der Waals surface area contributed by atoms with Crippen molar-refractivity contribution >= 4 is 34.8 Å². The van der Waals surface area contributed by atoms with Crippen LogP contribution in [0.15, 0.2) is 42.5 Å². The highest BCUT2D eigenvalue weighted by molar-refractivity contribution is 6.31. The smallest absolute Gasteiger partial charge is 0.255 e. The van der Waals surface area contributed by atoms with Crippen molar-refractivity contribution in [3.8, 4) is 0 Å². The molecule has 0 saturated carbocycles. The molecular formula is C22H25ClFN3O2. The molecule has 0 aliphatic carbocycles. The average Bonchev–Trinajstić information content (AvgIpc) is 2.68. The molecule has 2 amide bonds. The first-order chi connectivity index (χ1) is 13.8. The molecule has 2 aromatic carbocycles. The molecule has 0 spiro atoms. The van der Waals surface area contributed by atoms with Gasteiger partial charge in [-0.25, -0.2) is 4.39 Å². The maximum absolute atomic E-state index is 13.1. The van der Waals surface area contributed by atoms with Gasteiger partial charge in [-0.15, -0.1) is 0 Å². The molecule has 1 N–H and O–H groups in total. The molecule has 1 aliphatic heterocycles. The summed E-state index contributed by atoms with van der Waals surface area (Å²) in [7, 11) is 0. The van der Waals surface area contributed by atoms with Crippen LogP contribution in [0.2, 0.25) is 5.02 Å². The van der Waals surface area contributed by atoms with Crippen molar-refractivity contribution in [1.82, 2.24) is 4.90 Å². The lowest BCUT2D eigenvalue weighted by Crippen LogP contribution is -2.49. The molecule has 0 aromatic heterocycles. The molecule has 2 aromatic rings. The molecule has 7 heteroatoms. The minimum atomic E-state index is -0.394. The Morgan fingerprint density at radius 2 is 1.72 bits per heavy atom. The summed E-state index contributed by atoms with van der Waals surface area (Å²) in [5.74, 6) is -0.209. The largest absolute Gasteiger partial charge is 0.366 e. The van der Waals surface area contributed by atoms with E-state index in [0.717, 1.165) is 5.69 Å². The first-order valence-corrected chi connectivity index (χ1v) is 10.1. The Kier molecular flexibility index (Phi) is 6.75. The number of hydrogen-bond acceptors (Lipinski definition) is 3. The molecule has 0 radical (unpaired) electrons. The molecular weight excluding hydrogens is 393 g/mol. The predicted molar refractivity (Wildman–Crippen MR) is 114 cm³/mol. The lowest BCUT2D eigenvalue weighted by Gasteiger charge is -2.37. The number of rotatable bonds is 5. The maximum atomic E-state index is 13.1. The number of carbonyl (C=O) groups is 2. The van der Waals surface area contributed by atoms with Crippen LogP contribution < -0.4 is 10.2 Å². The minimum Gasteiger partial charge on any atom is -0.366 e. The summed E-state index contributed by atoms with van der Waals surface area (Å²) in [5.41, 5.74) is 1.80. The van der Waals surface area contributed by atoms with Crippen molar-refractivity contribution < 1.29 is 14.0 Å². The molecule has 3 rings (SSSR count). The Morgan fingerprint density at radius 3 is 2.34 bits per heavy atom. The molecule has 0 atom stereocenters. The van der Waals surface area contributed by atoms with Crippen molar-refractivity contribution in [2.75, 3.05) is 36.4 Å². The van der Waals surface area contributed by atoms with E-state index < -0.39 is 5.82 Å². The molecule has 0 unspecified atom stereocenters. The number of piperazine rings is 1. The fourth-order valence-corrected chi connectivity index (χ4v) is 3.53. The van der Waals surface area contributed by atoms with E-state index in [1.807, 2.05) is 24.8 Å². The van der Waals surface area contributed by atoms with Gasteiger partial charge in [-0.1, -0.05) is 25.4 Å². The van der Waals surface area contributed by atoms with E-state index in [2.05, 4.69) is 10.2 Å². The van der Waals surface area contributed by atoms with Crippen LogP contribution in [-0.4, -0.2) is 42.9 Å². The highest BCUT2D eigenvalue weighted by Gasteiger charge is 2.23. The molecule has 1 saturated heterocycles. The van der Waals surface area contributed by atoms with E-state index in [1.54, 1.807) is 12.1 Å². The fraction of sp³-hybridized carbons (Fsp3) is 0.364. The molecule has 1 aliphatic rings. The van der Waals surface area contributed by atoms with Gasteiger partial charge in [-0.05, 0) is 48.4 Å². The first-order valence-electron chi connectivity index (χ1n) is 9.72. The predicted octanol–water partition coefficient (Wildman–Crippen LogP) is 4.43. The van der Waals surface area contributed by atoms with E-state index in [1.165, 1.54) is 24.3 Å². The summed E-state index contributed by atoms with van der Waals surface area (Å²) in [4.78, 5) is 28.9. The van der Waals surface area contributed by atoms with E-state index >= 15 is 0 Å². The van der Waals surface area contributed by atoms with E-state index in [0.29, 0.717) is 54.8 Å². The minimum absolute atomic E-state index is 0.181. The van der Waals surface area contributed by atoms with E-state index in [4.69, 9.17) is 11.6 Å². The van der Waals surface area contributed by atoms with Crippen LogP contribution in [0.5, 0.6) is 0 Å². The van der Waals surface area contributed by atoms with Gasteiger partial charge in [0.05, 0.1) is 11.4 Å². The second kappa shape index (κ2) is 9.27. The molecule has 0 bridgehead atoms. The lowest BCUT2D eigenvalue weighted by molar-refractivity contribution is -0.132. The standard InChI is InChI=1S/C22H25ClFN3O2/c1-15(2)13-21(28)27-11-9-26(10-12-27)20-8-5-17(23)14-19(20)25-22(29)16-3-6-18(24)7-4-16/h3-8,14-15H,9-13H2,1-2H3,(H,25,29). The van der Waals surface area contributed by atoms with Crippen LogP contribution in [0.3, 0.4) is 0 Å². The molecule has 29 heavy (non-hydrogen) atoms. The number of halogens is 2. The summed E-state index contributed by atoms with van der Waals surface area (Å²) in [6, 6.07) is 10.7. The van der Waals surface area contributed by atoms with Crippen molar-refractivity contribution in [2.24, 2.45) is 5.92 Å². The van der Waals surface area contributed by atoms with Gasteiger partial charge in [0.25, 0.3) is 5.91 Å². The van der Waals surface area contributed by atoms with Gasteiger partial charge in [0.15, 0.2) is 0 Å².